The Labute approximate surface area is 119 Å². The molecule has 1 aliphatic rings. The lowest BCUT2D eigenvalue weighted by Crippen LogP contribution is -2.32. The van der Waals surface area contributed by atoms with E-state index in [1.54, 1.807) is 12.1 Å². The van der Waals surface area contributed by atoms with Crippen molar-refractivity contribution >= 4 is 11.6 Å². The zero-order chi connectivity index (χ0) is 13.7. The van der Waals surface area contributed by atoms with Crippen molar-refractivity contribution in [3.05, 3.63) is 29.3 Å². The number of benzene rings is 1. The number of aliphatic hydroxyl groups is 1. The zero-order valence-electron chi connectivity index (χ0n) is 11.2. The highest BCUT2D eigenvalue weighted by molar-refractivity contribution is 6.30. The first-order chi connectivity index (χ1) is 9.15. The topological polar surface area (TPSA) is 38.7 Å². The van der Waals surface area contributed by atoms with Gasteiger partial charge in [0.25, 0.3) is 0 Å². The lowest BCUT2D eigenvalue weighted by molar-refractivity contribution is 0.00486. The van der Waals surface area contributed by atoms with Crippen molar-refractivity contribution in [2.24, 2.45) is 5.92 Å². The standard InChI is InChI=1S/C15H21ClO3/c1-11(19-14-4-2-3-13(16)10-14)15(17)9-12-5-7-18-8-6-12/h2-4,10-12,15,17H,5-9H2,1H3. The molecular formula is C15H21ClO3. The molecule has 1 aliphatic heterocycles. The third-order valence-electron chi connectivity index (χ3n) is 3.58. The molecule has 2 unspecified atom stereocenters. The molecule has 0 radical (unpaired) electrons. The molecule has 1 saturated heterocycles. The van der Waals surface area contributed by atoms with Gasteiger partial charge < -0.3 is 14.6 Å². The summed E-state index contributed by atoms with van der Waals surface area (Å²) in [7, 11) is 0. The summed E-state index contributed by atoms with van der Waals surface area (Å²) in [5.74, 6) is 1.24. The second-order valence-corrected chi connectivity index (χ2v) is 5.58. The van der Waals surface area contributed by atoms with Crippen molar-refractivity contribution < 1.29 is 14.6 Å². The predicted molar refractivity (Wildman–Crippen MR) is 75.7 cm³/mol. The molecule has 3 nitrogen and oxygen atoms in total. The summed E-state index contributed by atoms with van der Waals surface area (Å²) in [5, 5.41) is 10.8. The van der Waals surface area contributed by atoms with Crippen molar-refractivity contribution in [1.29, 1.82) is 0 Å². The largest absolute Gasteiger partial charge is 0.488 e. The van der Waals surface area contributed by atoms with E-state index in [0.717, 1.165) is 32.5 Å². The minimum atomic E-state index is -0.456. The van der Waals surface area contributed by atoms with E-state index in [0.29, 0.717) is 16.7 Å². The van der Waals surface area contributed by atoms with Gasteiger partial charge in [-0.3, -0.25) is 0 Å². The van der Waals surface area contributed by atoms with Crippen LogP contribution in [0.3, 0.4) is 0 Å². The highest BCUT2D eigenvalue weighted by atomic mass is 35.5. The van der Waals surface area contributed by atoms with Crippen LogP contribution < -0.4 is 4.74 Å². The maximum absolute atomic E-state index is 10.2. The van der Waals surface area contributed by atoms with Crippen molar-refractivity contribution in [1.82, 2.24) is 0 Å². The van der Waals surface area contributed by atoms with Crippen LogP contribution in [0.4, 0.5) is 0 Å². The summed E-state index contributed by atoms with van der Waals surface area (Å²) in [5.41, 5.74) is 0. The summed E-state index contributed by atoms with van der Waals surface area (Å²) < 4.78 is 11.1. The predicted octanol–water partition coefficient (Wildman–Crippen LogP) is 3.28. The number of hydrogen-bond donors (Lipinski definition) is 1. The van der Waals surface area contributed by atoms with E-state index in [2.05, 4.69) is 0 Å². The fourth-order valence-corrected chi connectivity index (χ4v) is 2.53. The summed E-state index contributed by atoms with van der Waals surface area (Å²) in [6.07, 6.45) is 2.14. The van der Waals surface area contributed by atoms with Crippen LogP contribution in [0, 0.1) is 5.92 Å². The van der Waals surface area contributed by atoms with Gasteiger partial charge in [-0.15, -0.1) is 0 Å². The Morgan fingerprint density at radius 3 is 2.84 bits per heavy atom. The molecule has 0 aliphatic carbocycles. The Kier molecular flexibility index (Phi) is 5.49. The molecule has 4 heteroatoms. The SMILES string of the molecule is CC(Oc1cccc(Cl)c1)C(O)CC1CCOCC1. The van der Waals surface area contributed by atoms with Crippen LogP contribution in [0.5, 0.6) is 5.75 Å². The van der Waals surface area contributed by atoms with E-state index < -0.39 is 6.10 Å². The highest BCUT2D eigenvalue weighted by Crippen LogP contribution is 2.24. The Bertz CT molecular complexity index is 391. The van der Waals surface area contributed by atoms with Gasteiger partial charge in [-0.25, -0.2) is 0 Å². The van der Waals surface area contributed by atoms with Crippen LogP contribution in [0.25, 0.3) is 0 Å². The van der Waals surface area contributed by atoms with Crippen LogP contribution in [-0.2, 0) is 4.74 Å². The maximum atomic E-state index is 10.2. The fourth-order valence-electron chi connectivity index (χ4n) is 2.35. The minimum Gasteiger partial charge on any atom is -0.488 e. The van der Waals surface area contributed by atoms with E-state index in [1.807, 2.05) is 19.1 Å². The summed E-state index contributed by atoms with van der Waals surface area (Å²) in [6.45, 7) is 3.51. The lowest BCUT2D eigenvalue weighted by Gasteiger charge is -2.27. The second-order valence-electron chi connectivity index (χ2n) is 5.14. The van der Waals surface area contributed by atoms with Crippen molar-refractivity contribution in [3.63, 3.8) is 0 Å². The molecule has 1 aromatic carbocycles. The lowest BCUT2D eigenvalue weighted by atomic mass is 9.92. The van der Waals surface area contributed by atoms with Crippen LogP contribution in [0.1, 0.15) is 26.2 Å². The van der Waals surface area contributed by atoms with E-state index in [1.165, 1.54) is 0 Å². The summed E-state index contributed by atoms with van der Waals surface area (Å²) in [4.78, 5) is 0. The zero-order valence-corrected chi connectivity index (χ0v) is 12.0. The van der Waals surface area contributed by atoms with Gasteiger partial charge in [-0.2, -0.15) is 0 Å². The first-order valence-electron chi connectivity index (χ1n) is 6.83. The average molecular weight is 285 g/mol. The van der Waals surface area contributed by atoms with Gasteiger partial charge in [-0.1, -0.05) is 17.7 Å². The van der Waals surface area contributed by atoms with E-state index in [4.69, 9.17) is 21.1 Å². The van der Waals surface area contributed by atoms with E-state index >= 15 is 0 Å². The summed E-state index contributed by atoms with van der Waals surface area (Å²) in [6, 6.07) is 7.26. The molecule has 0 bridgehead atoms. The Balaban J connectivity index is 1.82. The number of ether oxygens (including phenoxy) is 2. The Morgan fingerprint density at radius 2 is 2.16 bits per heavy atom. The van der Waals surface area contributed by atoms with Crippen LogP contribution >= 0.6 is 11.6 Å². The van der Waals surface area contributed by atoms with Gasteiger partial charge >= 0.3 is 0 Å². The van der Waals surface area contributed by atoms with Crippen molar-refractivity contribution in [2.75, 3.05) is 13.2 Å². The fraction of sp³-hybridized carbons (Fsp3) is 0.600. The normalized spacial score (nSPS) is 19.9. The van der Waals surface area contributed by atoms with Gasteiger partial charge in [0.2, 0.25) is 0 Å². The van der Waals surface area contributed by atoms with Gasteiger partial charge in [-0.05, 0) is 50.3 Å². The van der Waals surface area contributed by atoms with Gasteiger partial charge in [0.1, 0.15) is 11.9 Å². The third kappa shape index (κ3) is 4.68. The number of halogens is 1. The highest BCUT2D eigenvalue weighted by Gasteiger charge is 2.22. The number of hydrogen-bond acceptors (Lipinski definition) is 3. The van der Waals surface area contributed by atoms with E-state index in [-0.39, 0.29) is 6.10 Å². The molecule has 0 aromatic heterocycles. The second kappa shape index (κ2) is 7.13. The maximum Gasteiger partial charge on any atom is 0.122 e. The van der Waals surface area contributed by atoms with Crippen molar-refractivity contribution in [2.45, 2.75) is 38.4 Å². The Hall–Kier alpha value is -0.770. The molecule has 0 spiro atoms. The van der Waals surface area contributed by atoms with E-state index in [9.17, 15) is 5.11 Å². The molecule has 1 fully saturated rings. The first kappa shape index (κ1) is 14.6. The van der Waals surface area contributed by atoms with Gasteiger partial charge in [0.15, 0.2) is 0 Å². The first-order valence-corrected chi connectivity index (χ1v) is 7.21. The van der Waals surface area contributed by atoms with Crippen LogP contribution in [-0.4, -0.2) is 30.5 Å². The molecule has 1 heterocycles. The molecule has 0 amide bonds. The monoisotopic (exact) mass is 284 g/mol. The molecule has 19 heavy (non-hydrogen) atoms. The third-order valence-corrected chi connectivity index (χ3v) is 3.81. The molecule has 1 N–H and O–H groups in total. The van der Waals surface area contributed by atoms with Gasteiger partial charge in [0, 0.05) is 18.2 Å². The van der Waals surface area contributed by atoms with Crippen LogP contribution in [0.2, 0.25) is 5.02 Å². The number of aliphatic hydroxyl groups excluding tert-OH is 1. The smallest absolute Gasteiger partial charge is 0.122 e. The molecule has 2 rings (SSSR count). The molecule has 106 valence electrons. The average Bonchev–Trinajstić information content (AvgIpc) is 2.40. The molecule has 2 atom stereocenters. The summed E-state index contributed by atoms with van der Waals surface area (Å²) >= 11 is 5.91. The van der Waals surface area contributed by atoms with Gasteiger partial charge in [0.05, 0.1) is 6.10 Å². The number of rotatable bonds is 5. The van der Waals surface area contributed by atoms with Crippen LogP contribution in [0.15, 0.2) is 24.3 Å². The molecular weight excluding hydrogens is 264 g/mol. The molecule has 0 saturated carbocycles. The minimum absolute atomic E-state index is 0.235. The van der Waals surface area contributed by atoms with Crippen molar-refractivity contribution in [3.8, 4) is 5.75 Å². The quantitative estimate of drug-likeness (QED) is 0.902. The molecule has 1 aromatic rings. The Morgan fingerprint density at radius 1 is 1.42 bits per heavy atom.